The van der Waals surface area contributed by atoms with E-state index in [0.29, 0.717) is 21.9 Å². The minimum atomic E-state index is -3.30. The Morgan fingerprint density at radius 1 is 1.05 bits per heavy atom. The zero-order valence-electron chi connectivity index (χ0n) is 23.3. The molecule has 1 atom stereocenters. The fourth-order valence-corrected chi connectivity index (χ4v) is 8.47. The Bertz CT molecular complexity index is 1410. The highest BCUT2D eigenvalue weighted by atomic mass is 32.2. The van der Waals surface area contributed by atoms with Gasteiger partial charge in [0.15, 0.2) is 15.0 Å². The molecule has 40 heavy (non-hydrogen) atoms. The Hall–Kier alpha value is -2.59. The van der Waals surface area contributed by atoms with E-state index in [0.717, 1.165) is 49.2 Å². The molecule has 214 valence electrons. The molecular formula is C31H39N3O4S2. The fraction of sp³-hybridized carbons (Fsp3) is 0.484. The number of anilines is 1. The third kappa shape index (κ3) is 6.82. The summed E-state index contributed by atoms with van der Waals surface area (Å²) >= 11 is 1.53. The van der Waals surface area contributed by atoms with Crippen LogP contribution in [0.5, 0.6) is 0 Å². The zero-order chi connectivity index (χ0) is 28.3. The molecule has 1 aliphatic heterocycles. The maximum Gasteiger partial charge on any atom is 0.230 e. The molecule has 2 aliphatic rings. The van der Waals surface area contributed by atoms with Gasteiger partial charge in [0.1, 0.15) is 0 Å². The Kier molecular flexibility index (Phi) is 9.05. The number of aliphatic hydroxyl groups excluding tert-OH is 1. The second-order valence-corrected chi connectivity index (χ2v) is 14.7. The lowest BCUT2D eigenvalue weighted by Crippen LogP contribution is -2.26. The van der Waals surface area contributed by atoms with E-state index in [-0.39, 0.29) is 30.7 Å². The molecule has 1 aliphatic carbocycles. The predicted octanol–water partition coefficient (Wildman–Crippen LogP) is 5.88. The van der Waals surface area contributed by atoms with Crippen molar-refractivity contribution in [3.63, 3.8) is 0 Å². The molecule has 0 radical (unpaired) electrons. The normalized spacial score (nSPS) is 17.9. The van der Waals surface area contributed by atoms with Gasteiger partial charge in [0, 0.05) is 18.0 Å². The van der Waals surface area contributed by atoms with Crippen LogP contribution < -0.4 is 5.32 Å². The number of amides is 1. The number of rotatable bonds is 11. The standard InChI is InChI=1S/C31H39N3O4S2/c1-21(2)30-29-27(19-34(30)18-24-7-9-25(20-35)10-8-24)39-31(33-29)32-28(36)17-23-11-13-26(14-12-23)40(37,38)16-15-22-5-3-4-6-22/h7-14,21-22,30,35H,3-6,15-20H2,1-2H3,(H,32,33,36)/t30-/m0/s1. The van der Waals surface area contributed by atoms with Gasteiger partial charge in [0.2, 0.25) is 5.91 Å². The van der Waals surface area contributed by atoms with Crippen LogP contribution in [0.1, 0.15) is 79.3 Å². The van der Waals surface area contributed by atoms with Crippen molar-refractivity contribution in [2.24, 2.45) is 11.8 Å². The first-order chi connectivity index (χ1) is 19.2. The molecule has 0 bridgehead atoms. The molecule has 7 nitrogen and oxygen atoms in total. The first-order valence-corrected chi connectivity index (χ1v) is 16.7. The SMILES string of the molecule is CC(C)[C@H]1c2nc(NC(=O)Cc3ccc(S(=O)(=O)CCC4CCCC4)cc3)sc2CN1Cc1ccc(CO)cc1. The van der Waals surface area contributed by atoms with Crippen molar-refractivity contribution in [2.45, 2.75) is 83.0 Å². The van der Waals surface area contributed by atoms with Gasteiger partial charge in [-0.25, -0.2) is 13.4 Å². The molecule has 2 aromatic carbocycles. The number of thiazole rings is 1. The number of fused-ring (bicyclic) bond motifs is 1. The molecule has 3 aromatic rings. The summed E-state index contributed by atoms with van der Waals surface area (Å²) in [6.45, 7) is 6.01. The van der Waals surface area contributed by atoms with Gasteiger partial charge in [-0.05, 0) is 47.1 Å². The second kappa shape index (κ2) is 12.5. The summed E-state index contributed by atoms with van der Waals surface area (Å²) in [4.78, 5) is 21.6. The van der Waals surface area contributed by atoms with Crippen molar-refractivity contribution >= 4 is 32.2 Å². The van der Waals surface area contributed by atoms with E-state index < -0.39 is 9.84 Å². The largest absolute Gasteiger partial charge is 0.392 e. The number of hydrogen-bond donors (Lipinski definition) is 2. The van der Waals surface area contributed by atoms with Crippen LogP contribution in [0.25, 0.3) is 0 Å². The number of carbonyl (C=O) groups is 1. The summed E-state index contributed by atoms with van der Waals surface area (Å²) < 4.78 is 25.5. The third-order valence-electron chi connectivity index (χ3n) is 8.13. The second-order valence-electron chi connectivity index (χ2n) is 11.5. The molecule has 0 saturated heterocycles. The highest BCUT2D eigenvalue weighted by Crippen LogP contribution is 2.43. The van der Waals surface area contributed by atoms with Crippen LogP contribution in [-0.2, 0) is 40.7 Å². The number of hydrogen-bond acceptors (Lipinski definition) is 7. The van der Waals surface area contributed by atoms with Crippen LogP contribution in [0, 0.1) is 11.8 Å². The monoisotopic (exact) mass is 581 g/mol. The summed E-state index contributed by atoms with van der Waals surface area (Å²) in [7, 11) is -3.30. The van der Waals surface area contributed by atoms with Crippen LogP contribution in [0.3, 0.4) is 0 Å². The van der Waals surface area contributed by atoms with E-state index in [1.807, 2.05) is 12.1 Å². The van der Waals surface area contributed by atoms with Crippen molar-refractivity contribution in [1.82, 2.24) is 9.88 Å². The van der Waals surface area contributed by atoms with Crippen molar-refractivity contribution < 1.29 is 18.3 Å². The number of aliphatic hydroxyl groups is 1. The van der Waals surface area contributed by atoms with Crippen molar-refractivity contribution in [3.05, 3.63) is 75.8 Å². The van der Waals surface area contributed by atoms with Crippen molar-refractivity contribution in [3.8, 4) is 0 Å². The highest BCUT2D eigenvalue weighted by Gasteiger charge is 2.36. The molecule has 0 unspecified atom stereocenters. The fourth-order valence-electron chi connectivity index (χ4n) is 6.00. The van der Waals surface area contributed by atoms with Crippen LogP contribution in [0.2, 0.25) is 0 Å². The van der Waals surface area contributed by atoms with E-state index in [2.05, 4.69) is 36.2 Å². The lowest BCUT2D eigenvalue weighted by Gasteiger charge is -2.27. The van der Waals surface area contributed by atoms with E-state index in [1.165, 1.54) is 34.6 Å². The van der Waals surface area contributed by atoms with Crippen LogP contribution in [0.4, 0.5) is 5.13 Å². The summed E-state index contributed by atoms with van der Waals surface area (Å²) in [5.41, 5.74) is 3.91. The van der Waals surface area contributed by atoms with Crippen molar-refractivity contribution in [2.75, 3.05) is 11.1 Å². The Labute approximate surface area is 241 Å². The quantitative estimate of drug-likeness (QED) is 0.293. The van der Waals surface area contributed by atoms with E-state index in [4.69, 9.17) is 4.98 Å². The average Bonchev–Trinajstić information content (AvgIpc) is 3.65. The van der Waals surface area contributed by atoms with Gasteiger partial charge in [-0.1, -0.05) is 75.9 Å². The highest BCUT2D eigenvalue weighted by molar-refractivity contribution is 7.91. The van der Waals surface area contributed by atoms with Crippen LogP contribution in [-0.4, -0.2) is 35.1 Å². The van der Waals surface area contributed by atoms with Gasteiger partial charge in [-0.15, -0.1) is 11.3 Å². The number of benzene rings is 2. The number of aromatic nitrogens is 1. The predicted molar refractivity (Wildman–Crippen MR) is 159 cm³/mol. The molecule has 1 aromatic heterocycles. The number of carbonyl (C=O) groups excluding carboxylic acids is 1. The minimum absolute atomic E-state index is 0.0435. The maximum atomic E-state index is 12.8. The maximum absolute atomic E-state index is 12.8. The van der Waals surface area contributed by atoms with Gasteiger partial charge in [-0.3, -0.25) is 9.69 Å². The van der Waals surface area contributed by atoms with Gasteiger partial charge in [0.25, 0.3) is 0 Å². The number of nitrogens with one attached hydrogen (secondary N) is 1. The molecule has 9 heteroatoms. The first kappa shape index (κ1) is 28.9. The van der Waals surface area contributed by atoms with E-state index >= 15 is 0 Å². The van der Waals surface area contributed by atoms with Crippen molar-refractivity contribution in [1.29, 1.82) is 0 Å². The molecule has 5 rings (SSSR count). The van der Waals surface area contributed by atoms with Gasteiger partial charge >= 0.3 is 0 Å². The van der Waals surface area contributed by atoms with Gasteiger partial charge < -0.3 is 10.4 Å². The first-order valence-electron chi connectivity index (χ1n) is 14.3. The van der Waals surface area contributed by atoms with E-state index in [1.54, 1.807) is 24.3 Å². The Morgan fingerprint density at radius 3 is 2.35 bits per heavy atom. The summed E-state index contributed by atoms with van der Waals surface area (Å²) in [6, 6.07) is 14.9. The zero-order valence-corrected chi connectivity index (χ0v) is 24.9. The summed E-state index contributed by atoms with van der Waals surface area (Å²) in [5, 5.41) is 12.9. The number of sulfone groups is 1. The molecule has 1 saturated carbocycles. The smallest absolute Gasteiger partial charge is 0.230 e. The lowest BCUT2D eigenvalue weighted by atomic mass is 10.0. The topological polar surface area (TPSA) is 99.6 Å². The Balaban J connectivity index is 1.17. The third-order valence-corrected chi connectivity index (χ3v) is 10.9. The van der Waals surface area contributed by atoms with Gasteiger partial charge in [0.05, 0.1) is 35.4 Å². The minimum Gasteiger partial charge on any atom is -0.392 e. The number of nitrogens with zero attached hydrogens (tertiary/aromatic N) is 2. The molecule has 2 heterocycles. The lowest BCUT2D eigenvalue weighted by molar-refractivity contribution is -0.115. The summed E-state index contributed by atoms with van der Waals surface area (Å²) in [6.07, 6.45) is 5.60. The average molecular weight is 582 g/mol. The van der Waals surface area contributed by atoms with Crippen LogP contribution in [0.15, 0.2) is 53.4 Å². The van der Waals surface area contributed by atoms with E-state index in [9.17, 15) is 18.3 Å². The molecule has 0 spiro atoms. The van der Waals surface area contributed by atoms with Gasteiger partial charge in [-0.2, -0.15) is 0 Å². The molecule has 2 N–H and O–H groups in total. The Morgan fingerprint density at radius 2 is 1.70 bits per heavy atom. The molecular weight excluding hydrogens is 542 g/mol. The molecule has 1 fully saturated rings. The summed E-state index contributed by atoms with van der Waals surface area (Å²) in [5.74, 6) is 0.924. The molecule has 1 amide bonds. The van der Waals surface area contributed by atoms with Crippen LogP contribution >= 0.6 is 11.3 Å².